The van der Waals surface area contributed by atoms with E-state index in [1.54, 1.807) is 6.20 Å². The summed E-state index contributed by atoms with van der Waals surface area (Å²) in [7, 11) is 0. The van der Waals surface area contributed by atoms with Crippen LogP contribution in [0, 0.1) is 0 Å². The number of aliphatic carboxylic acids is 2. The van der Waals surface area contributed by atoms with Gasteiger partial charge in [0.15, 0.2) is 5.96 Å². The average molecular weight is 563 g/mol. The summed E-state index contributed by atoms with van der Waals surface area (Å²) in [6, 6.07) is 1.70. The van der Waals surface area contributed by atoms with Gasteiger partial charge in [0, 0.05) is 23.6 Å². The third-order valence-electron chi connectivity index (χ3n) is 5.84. The Morgan fingerprint density at radius 1 is 0.925 bits per heavy atom. The van der Waals surface area contributed by atoms with Gasteiger partial charge in [-0.05, 0) is 30.9 Å². The number of nitrogens with zero attached hydrogens (tertiary/aromatic N) is 1. The Labute approximate surface area is 228 Å². The molecule has 0 bridgehead atoms. The highest BCUT2D eigenvalue weighted by Crippen LogP contribution is 2.18. The molecule has 40 heavy (non-hydrogen) atoms. The largest absolute Gasteiger partial charge is 0.481 e. The van der Waals surface area contributed by atoms with Crippen molar-refractivity contribution < 1.29 is 39.3 Å². The number of nitrogens with one attached hydrogen (secondary N) is 4. The molecule has 0 saturated carbocycles. The van der Waals surface area contributed by atoms with Crippen LogP contribution in [0.4, 0.5) is 0 Å². The molecule has 16 nitrogen and oxygen atoms in total. The van der Waals surface area contributed by atoms with E-state index in [0.29, 0.717) is 0 Å². The molecule has 13 N–H and O–H groups in total. The standard InChI is InChI=1S/C24H34N8O8/c25-14(8-12-10-29-15-5-2-1-4-13(12)15)20(36)32-18(11-33)22(38)30-16(6-3-7-28-24(26)27)21(37)31-17(23(39)40)9-19(34)35/h1-2,4-5,10,14,16-18,29,33H,3,6-9,11,25H2,(H,30,38)(H,31,37)(H,32,36)(H,34,35)(H,39,40)(H4,26,27,28). The fraction of sp³-hybridized carbons (Fsp3) is 0.417. The van der Waals surface area contributed by atoms with Crippen LogP contribution in [0.2, 0.25) is 0 Å². The third kappa shape index (κ3) is 9.55. The fourth-order valence-corrected chi connectivity index (χ4v) is 3.79. The molecule has 0 radical (unpaired) electrons. The topological polar surface area (TPSA) is 288 Å². The minimum Gasteiger partial charge on any atom is -0.481 e. The SMILES string of the molecule is NC(N)=NCCCC(NC(=O)C(CO)NC(=O)C(N)Cc1c[nH]c2ccccc12)C(=O)NC(CC(=O)O)C(=O)O. The zero-order chi connectivity index (χ0) is 29.8. The van der Waals surface area contributed by atoms with E-state index in [4.69, 9.17) is 22.3 Å². The number of aliphatic imine (C=N–C) groups is 1. The summed E-state index contributed by atoms with van der Waals surface area (Å²) in [4.78, 5) is 67.6. The van der Waals surface area contributed by atoms with E-state index in [2.05, 4.69) is 25.9 Å². The number of hydrogen-bond donors (Lipinski definition) is 10. The van der Waals surface area contributed by atoms with Crippen molar-refractivity contribution >= 4 is 46.5 Å². The second kappa shape index (κ2) is 15.0. The maximum atomic E-state index is 12.9. The van der Waals surface area contributed by atoms with E-state index in [9.17, 15) is 34.2 Å². The quantitative estimate of drug-likeness (QED) is 0.0562. The first-order valence-electron chi connectivity index (χ1n) is 12.3. The Balaban J connectivity index is 2.08. The molecular weight excluding hydrogens is 528 g/mol. The first-order chi connectivity index (χ1) is 18.9. The van der Waals surface area contributed by atoms with Crippen molar-refractivity contribution in [3.8, 4) is 0 Å². The number of fused-ring (bicyclic) bond motifs is 1. The van der Waals surface area contributed by atoms with E-state index < -0.39 is 66.9 Å². The van der Waals surface area contributed by atoms with Crippen molar-refractivity contribution in [1.82, 2.24) is 20.9 Å². The van der Waals surface area contributed by atoms with Crippen LogP contribution in [0.1, 0.15) is 24.8 Å². The molecule has 0 aliphatic carbocycles. The van der Waals surface area contributed by atoms with Gasteiger partial charge in [-0.1, -0.05) is 18.2 Å². The zero-order valence-electron chi connectivity index (χ0n) is 21.5. The van der Waals surface area contributed by atoms with Gasteiger partial charge in [0.1, 0.15) is 18.1 Å². The maximum absolute atomic E-state index is 12.9. The number of aliphatic hydroxyl groups excluding tert-OH is 1. The molecular formula is C24H34N8O8. The van der Waals surface area contributed by atoms with Gasteiger partial charge in [-0.25, -0.2) is 4.79 Å². The van der Waals surface area contributed by atoms with Gasteiger partial charge >= 0.3 is 11.9 Å². The third-order valence-corrected chi connectivity index (χ3v) is 5.84. The summed E-state index contributed by atoms with van der Waals surface area (Å²) in [6.07, 6.45) is 1.03. The molecule has 2 aromatic rings. The Morgan fingerprint density at radius 2 is 1.55 bits per heavy atom. The molecule has 4 unspecified atom stereocenters. The molecule has 0 fully saturated rings. The lowest BCUT2D eigenvalue weighted by Crippen LogP contribution is -2.58. The van der Waals surface area contributed by atoms with E-state index in [0.717, 1.165) is 16.5 Å². The number of aliphatic hydroxyl groups is 1. The number of benzene rings is 1. The van der Waals surface area contributed by atoms with Crippen molar-refractivity contribution in [1.29, 1.82) is 0 Å². The number of carbonyl (C=O) groups is 5. The van der Waals surface area contributed by atoms with Crippen molar-refractivity contribution in [2.24, 2.45) is 22.2 Å². The number of carboxylic acids is 2. The van der Waals surface area contributed by atoms with Crippen molar-refractivity contribution in [3.63, 3.8) is 0 Å². The minimum absolute atomic E-state index is 0.0717. The molecule has 218 valence electrons. The number of guanidine groups is 1. The van der Waals surface area contributed by atoms with Crippen LogP contribution in [-0.2, 0) is 30.4 Å². The van der Waals surface area contributed by atoms with Crippen molar-refractivity contribution in [2.45, 2.75) is 49.9 Å². The van der Waals surface area contributed by atoms with E-state index >= 15 is 0 Å². The van der Waals surface area contributed by atoms with E-state index in [-0.39, 0.29) is 31.8 Å². The summed E-state index contributed by atoms with van der Waals surface area (Å²) < 4.78 is 0. The lowest BCUT2D eigenvalue weighted by atomic mass is 10.0. The zero-order valence-corrected chi connectivity index (χ0v) is 21.5. The number of aromatic nitrogens is 1. The number of rotatable bonds is 16. The molecule has 4 atom stereocenters. The fourth-order valence-electron chi connectivity index (χ4n) is 3.79. The first kappa shape index (κ1) is 31.5. The first-order valence-corrected chi connectivity index (χ1v) is 12.3. The summed E-state index contributed by atoms with van der Waals surface area (Å²) in [5, 5.41) is 35.5. The van der Waals surface area contributed by atoms with E-state index in [1.165, 1.54) is 0 Å². The van der Waals surface area contributed by atoms with Gasteiger partial charge in [0.2, 0.25) is 17.7 Å². The lowest BCUT2D eigenvalue weighted by molar-refractivity contribution is -0.147. The number of hydrogen-bond acceptors (Lipinski definition) is 8. The highest BCUT2D eigenvalue weighted by atomic mass is 16.4. The Kier molecular flexibility index (Phi) is 11.8. The summed E-state index contributed by atoms with van der Waals surface area (Å²) >= 11 is 0. The van der Waals surface area contributed by atoms with Gasteiger partial charge in [0.25, 0.3) is 0 Å². The predicted molar refractivity (Wildman–Crippen MR) is 143 cm³/mol. The smallest absolute Gasteiger partial charge is 0.326 e. The number of aromatic amines is 1. The molecule has 1 aromatic carbocycles. The Hall–Kier alpha value is -4.70. The molecule has 1 aromatic heterocycles. The molecule has 0 spiro atoms. The summed E-state index contributed by atoms with van der Waals surface area (Å²) in [5.41, 5.74) is 18.2. The number of para-hydroxylation sites is 1. The normalized spacial score (nSPS) is 13.8. The van der Waals surface area contributed by atoms with Gasteiger partial charge in [-0.3, -0.25) is 24.2 Å². The minimum atomic E-state index is -1.77. The molecule has 3 amide bonds. The van der Waals surface area contributed by atoms with Crippen LogP contribution in [0.15, 0.2) is 35.5 Å². The molecule has 16 heteroatoms. The molecule has 2 rings (SSSR count). The highest BCUT2D eigenvalue weighted by molar-refractivity contribution is 5.95. The number of carbonyl (C=O) groups excluding carboxylic acids is 3. The van der Waals surface area contributed by atoms with Crippen LogP contribution in [0.5, 0.6) is 0 Å². The molecule has 0 aliphatic heterocycles. The summed E-state index contributed by atoms with van der Waals surface area (Å²) in [6.45, 7) is -0.765. The number of H-pyrrole nitrogens is 1. The number of nitrogens with two attached hydrogens (primary N) is 3. The molecule has 0 aliphatic rings. The monoisotopic (exact) mass is 562 g/mol. The van der Waals surface area contributed by atoms with Crippen LogP contribution in [0.3, 0.4) is 0 Å². The average Bonchev–Trinajstić information content (AvgIpc) is 3.30. The predicted octanol–water partition coefficient (Wildman–Crippen LogP) is -2.90. The van der Waals surface area contributed by atoms with E-state index in [1.807, 2.05) is 24.3 Å². The van der Waals surface area contributed by atoms with Crippen molar-refractivity contribution in [3.05, 3.63) is 36.0 Å². The maximum Gasteiger partial charge on any atom is 0.326 e. The van der Waals surface area contributed by atoms with Crippen LogP contribution in [0.25, 0.3) is 10.9 Å². The van der Waals surface area contributed by atoms with Gasteiger partial charge in [-0.15, -0.1) is 0 Å². The van der Waals surface area contributed by atoms with Crippen LogP contribution >= 0.6 is 0 Å². The number of carboxylic acid groups (broad SMARTS) is 2. The Bertz CT molecular complexity index is 1240. The second-order valence-electron chi connectivity index (χ2n) is 8.92. The molecule has 1 heterocycles. The van der Waals surface area contributed by atoms with Crippen LogP contribution in [-0.4, -0.2) is 93.2 Å². The summed E-state index contributed by atoms with van der Waals surface area (Å²) in [5.74, 6) is -5.95. The number of amides is 3. The van der Waals surface area contributed by atoms with Crippen molar-refractivity contribution in [2.75, 3.05) is 13.2 Å². The Morgan fingerprint density at radius 3 is 2.17 bits per heavy atom. The lowest BCUT2D eigenvalue weighted by Gasteiger charge is -2.24. The van der Waals surface area contributed by atoms with Gasteiger partial charge in [0.05, 0.1) is 19.1 Å². The molecule has 0 saturated heterocycles. The second-order valence-corrected chi connectivity index (χ2v) is 8.92. The van der Waals surface area contributed by atoms with Gasteiger partial charge < -0.3 is 53.5 Å². The highest BCUT2D eigenvalue weighted by Gasteiger charge is 2.31. The van der Waals surface area contributed by atoms with Crippen LogP contribution < -0.4 is 33.2 Å². The van der Waals surface area contributed by atoms with Gasteiger partial charge in [-0.2, -0.15) is 0 Å².